The summed E-state index contributed by atoms with van der Waals surface area (Å²) in [4.78, 5) is 20.4. The summed E-state index contributed by atoms with van der Waals surface area (Å²) in [6.07, 6.45) is 0. The molecule has 8 heteroatoms. The zero-order valence-electron chi connectivity index (χ0n) is 8.24. The molecule has 17 heavy (non-hydrogen) atoms. The van der Waals surface area contributed by atoms with Crippen LogP contribution in [0.2, 0.25) is 0 Å². The van der Waals surface area contributed by atoms with Crippen molar-refractivity contribution in [3.8, 4) is 6.07 Å². The van der Waals surface area contributed by atoms with E-state index in [-0.39, 0.29) is 6.54 Å². The van der Waals surface area contributed by atoms with Gasteiger partial charge in [-0.05, 0) is 6.07 Å². The Morgan fingerprint density at radius 3 is 2.65 bits per heavy atom. The van der Waals surface area contributed by atoms with E-state index in [2.05, 4.69) is 0 Å². The molecule has 88 valence electrons. The molecule has 1 aromatic rings. The number of nitro benzene ring substituents is 1. The molecule has 0 heterocycles. The first-order valence-corrected chi connectivity index (χ1v) is 4.26. The number of nitro groups is 1. The van der Waals surface area contributed by atoms with Crippen LogP contribution in [-0.4, -0.2) is 17.4 Å². The highest BCUT2D eigenvalue weighted by Gasteiger charge is 2.21. The molecule has 0 aliphatic carbocycles. The van der Waals surface area contributed by atoms with Gasteiger partial charge in [0.1, 0.15) is 12.4 Å². The van der Waals surface area contributed by atoms with Crippen molar-refractivity contribution in [3.05, 3.63) is 39.4 Å². The van der Waals surface area contributed by atoms with E-state index in [4.69, 9.17) is 5.26 Å². The average Bonchev–Trinajstić information content (AvgIpc) is 2.28. The number of hydrogen-bond acceptors (Lipinski definition) is 4. The number of halogens is 2. The Morgan fingerprint density at radius 2 is 2.12 bits per heavy atom. The molecule has 0 aliphatic rings. The van der Waals surface area contributed by atoms with Crippen LogP contribution in [0.25, 0.3) is 0 Å². The number of carbonyl (C=O) groups is 1. The van der Waals surface area contributed by atoms with Gasteiger partial charge in [-0.2, -0.15) is 9.65 Å². The second-order valence-corrected chi connectivity index (χ2v) is 2.88. The molecule has 0 saturated heterocycles. The smallest absolute Gasteiger partial charge is 0.307 e. The lowest BCUT2D eigenvalue weighted by molar-refractivity contribution is -0.387. The first-order valence-electron chi connectivity index (χ1n) is 4.26. The van der Waals surface area contributed by atoms with Gasteiger partial charge in [0.15, 0.2) is 0 Å². The van der Waals surface area contributed by atoms with Crippen LogP contribution in [-0.2, 0) is 0 Å². The van der Waals surface area contributed by atoms with E-state index in [1.54, 1.807) is 6.07 Å². The maximum absolute atomic E-state index is 13.3. The minimum Gasteiger partial charge on any atom is -0.339 e. The van der Waals surface area contributed by atoms with Crippen molar-refractivity contribution in [2.75, 3.05) is 6.54 Å². The summed E-state index contributed by atoms with van der Waals surface area (Å²) in [6, 6.07) is 2.31. The SMILES string of the molecule is N#CCNC(=O)c1cc(F)c([N+](=O)[O-])cc1F. The fourth-order valence-electron chi connectivity index (χ4n) is 1.07. The highest BCUT2D eigenvalue weighted by atomic mass is 19.1. The number of nitrogens with one attached hydrogen (secondary N) is 1. The Hall–Kier alpha value is -2.56. The Bertz CT molecular complexity index is 525. The lowest BCUT2D eigenvalue weighted by Crippen LogP contribution is -2.24. The third-order valence-electron chi connectivity index (χ3n) is 1.81. The van der Waals surface area contributed by atoms with Crippen LogP contribution in [0.4, 0.5) is 14.5 Å². The third-order valence-corrected chi connectivity index (χ3v) is 1.81. The summed E-state index contributed by atoms with van der Waals surface area (Å²) in [7, 11) is 0. The number of hydrogen-bond donors (Lipinski definition) is 1. The molecule has 0 radical (unpaired) electrons. The van der Waals surface area contributed by atoms with Crippen LogP contribution in [0, 0.1) is 33.1 Å². The van der Waals surface area contributed by atoms with E-state index in [1.165, 1.54) is 0 Å². The maximum atomic E-state index is 13.3. The predicted molar refractivity (Wildman–Crippen MR) is 51.0 cm³/mol. The van der Waals surface area contributed by atoms with Gasteiger partial charge >= 0.3 is 5.69 Å². The number of carbonyl (C=O) groups excluding carboxylic acids is 1. The summed E-state index contributed by atoms with van der Waals surface area (Å²) < 4.78 is 26.4. The van der Waals surface area contributed by atoms with Crippen molar-refractivity contribution in [1.82, 2.24) is 5.32 Å². The van der Waals surface area contributed by atoms with E-state index >= 15 is 0 Å². The molecule has 0 saturated carbocycles. The van der Waals surface area contributed by atoms with E-state index < -0.39 is 33.7 Å². The molecule has 1 N–H and O–H groups in total. The summed E-state index contributed by atoms with van der Waals surface area (Å²) >= 11 is 0. The molecule has 0 aliphatic heterocycles. The molecule has 6 nitrogen and oxygen atoms in total. The van der Waals surface area contributed by atoms with Gasteiger partial charge in [0.2, 0.25) is 5.82 Å². The van der Waals surface area contributed by atoms with Crippen molar-refractivity contribution in [1.29, 1.82) is 5.26 Å². The van der Waals surface area contributed by atoms with E-state index in [9.17, 15) is 23.7 Å². The molecule has 0 aromatic heterocycles. The van der Waals surface area contributed by atoms with Crippen molar-refractivity contribution in [3.63, 3.8) is 0 Å². The first kappa shape index (κ1) is 12.5. The molecule has 0 fully saturated rings. The van der Waals surface area contributed by atoms with Gasteiger partial charge < -0.3 is 5.32 Å². The largest absolute Gasteiger partial charge is 0.339 e. The van der Waals surface area contributed by atoms with Crippen molar-refractivity contribution < 1.29 is 18.5 Å². The Kier molecular flexibility index (Phi) is 3.66. The standard InChI is InChI=1S/C9H5F2N3O3/c10-6-4-8(14(16)17)7(11)3-5(6)9(15)13-2-1-12/h3-4H,2H2,(H,13,15). The van der Waals surface area contributed by atoms with Crippen LogP contribution in [0.1, 0.15) is 10.4 Å². The van der Waals surface area contributed by atoms with Gasteiger partial charge in [-0.1, -0.05) is 0 Å². The molecular formula is C9H5F2N3O3. The van der Waals surface area contributed by atoms with Crippen molar-refractivity contribution in [2.45, 2.75) is 0 Å². The van der Waals surface area contributed by atoms with Crippen LogP contribution < -0.4 is 5.32 Å². The van der Waals surface area contributed by atoms with Crippen LogP contribution in [0.3, 0.4) is 0 Å². The van der Waals surface area contributed by atoms with Gasteiger partial charge in [-0.15, -0.1) is 0 Å². The number of benzene rings is 1. The molecule has 0 bridgehead atoms. The molecule has 0 atom stereocenters. The molecular weight excluding hydrogens is 236 g/mol. The number of nitriles is 1. The minimum atomic E-state index is -1.32. The van der Waals surface area contributed by atoms with E-state index in [0.717, 1.165) is 0 Å². The average molecular weight is 241 g/mol. The zero-order chi connectivity index (χ0) is 13.0. The molecule has 0 spiro atoms. The van der Waals surface area contributed by atoms with Crippen molar-refractivity contribution >= 4 is 11.6 Å². The molecule has 1 rings (SSSR count). The van der Waals surface area contributed by atoms with Gasteiger partial charge in [0, 0.05) is 0 Å². The Labute approximate surface area is 93.6 Å². The van der Waals surface area contributed by atoms with Crippen LogP contribution in [0.15, 0.2) is 12.1 Å². The summed E-state index contributed by atoms with van der Waals surface area (Å²) in [5.41, 5.74) is -1.75. The van der Waals surface area contributed by atoms with Gasteiger partial charge in [-0.3, -0.25) is 14.9 Å². The summed E-state index contributed by atoms with van der Waals surface area (Å²) in [5, 5.41) is 20.5. The summed E-state index contributed by atoms with van der Waals surface area (Å²) in [5.74, 6) is -3.56. The minimum absolute atomic E-state index is 0.316. The van der Waals surface area contributed by atoms with Gasteiger partial charge in [0.05, 0.1) is 22.6 Å². The van der Waals surface area contributed by atoms with Gasteiger partial charge in [-0.25, -0.2) is 4.39 Å². The molecule has 1 aromatic carbocycles. The Morgan fingerprint density at radius 1 is 1.47 bits per heavy atom. The van der Waals surface area contributed by atoms with Gasteiger partial charge in [0.25, 0.3) is 5.91 Å². The van der Waals surface area contributed by atoms with E-state index in [1.807, 2.05) is 5.32 Å². The van der Waals surface area contributed by atoms with Crippen molar-refractivity contribution in [2.24, 2.45) is 0 Å². The van der Waals surface area contributed by atoms with Crippen LogP contribution in [0.5, 0.6) is 0 Å². The van der Waals surface area contributed by atoms with Crippen LogP contribution >= 0.6 is 0 Å². The lowest BCUT2D eigenvalue weighted by Gasteiger charge is -2.03. The lowest BCUT2D eigenvalue weighted by atomic mass is 10.1. The predicted octanol–water partition coefficient (Wildman–Crippen LogP) is 1.13. The maximum Gasteiger partial charge on any atom is 0.307 e. The molecule has 1 amide bonds. The molecule has 0 unspecified atom stereocenters. The fourth-order valence-corrected chi connectivity index (χ4v) is 1.07. The fraction of sp³-hybridized carbons (Fsp3) is 0.111. The normalized spacial score (nSPS) is 9.47. The second-order valence-electron chi connectivity index (χ2n) is 2.88. The first-order chi connectivity index (χ1) is 7.97. The topological polar surface area (TPSA) is 96.0 Å². The summed E-state index contributed by atoms with van der Waals surface area (Å²) in [6.45, 7) is -0.378. The second kappa shape index (κ2) is 4.98. The monoisotopic (exact) mass is 241 g/mol. The highest BCUT2D eigenvalue weighted by molar-refractivity contribution is 5.94. The quantitative estimate of drug-likeness (QED) is 0.487. The highest BCUT2D eigenvalue weighted by Crippen LogP contribution is 2.21. The number of rotatable bonds is 3. The van der Waals surface area contributed by atoms with E-state index in [0.29, 0.717) is 12.1 Å². The Balaban J connectivity index is 3.12. The number of amides is 1. The zero-order valence-corrected chi connectivity index (χ0v) is 8.24. The number of nitrogens with zero attached hydrogens (tertiary/aromatic N) is 2. The third kappa shape index (κ3) is 2.72.